The zero-order valence-electron chi connectivity index (χ0n) is 62.1. The maximum absolute atomic E-state index is 12.3. The molecule has 12 heterocycles. The van der Waals surface area contributed by atoms with E-state index in [2.05, 4.69) is 126 Å². The smallest absolute Gasteiger partial charge is 0.435 e. The molecule has 15 aromatic rings. The SMILES string of the molecule is CC(C)(O)[C@H]1CCCC[C@H]1c1cc(NCc2cccnc2)n2ncc(Br)c2n1.CCOc1ccc(CNc2cc(-c3ccccc3)nc3c(Br)cnn23)c[n+]1O.COc1c(Cl)cc(CNc2cc(-c3ccccc3)nc3c(Br)cnn23)c[n+]1O.O[n+]1cc(CNc2cc(-c3ccccc3)nc3c(Br)cnn23)ccc1OCC(F)(F)F. The highest BCUT2D eigenvalue weighted by molar-refractivity contribution is 9.11. The molecule has 0 amide bonds. The van der Waals surface area contributed by atoms with E-state index in [4.69, 9.17) is 36.0 Å². The van der Waals surface area contributed by atoms with Crippen LogP contribution in [0.5, 0.6) is 17.6 Å². The predicted molar refractivity (Wildman–Crippen MR) is 439 cm³/mol. The van der Waals surface area contributed by atoms with Crippen LogP contribution in [0.2, 0.25) is 5.02 Å². The van der Waals surface area contributed by atoms with Crippen LogP contribution in [-0.4, -0.2) is 116 Å². The molecular weight excluding hydrogens is 1770 g/mol. The normalized spacial score (nSPS) is 13.4. The van der Waals surface area contributed by atoms with Gasteiger partial charge in [0, 0.05) is 116 Å². The lowest BCUT2D eigenvalue weighted by Crippen LogP contribution is -2.37. The molecule has 1 fully saturated rings. The molecule has 27 nitrogen and oxygen atoms in total. The molecule has 0 bridgehead atoms. The summed E-state index contributed by atoms with van der Waals surface area (Å²) in [5.74, 6) is 3.81. The van der Waals surface area contributed by atoms with Gasteiger partial charge in [-0.3, -0.25) is 20.6 Å². The highest BCUT2D eigenvalue weighted by Gasteiger charge is 2.38. The van der Waals surface area contributed by atoms with E-state index in [1.807, 2.05) is 159 Å². The number of ether oxygens (including phenoxy) is 3. The molecule has 115 heavy (non-hydrogen) atoms. The van der Waals surface area contributed by atoms with Crippen LogP contribution in [0.25, 0.3) is 56.4 Å². The van der Waals surface area contributed by atoms with Gasteiger partial charge >= 0.3 is 23.8 Å². The van der Waals surface area contributed by atoms with Gasteiger partial charge in [-0.05, 0) is 133 Å². The lowest BCUT2D eigenvalue weighted by atomic mass is 9.70. The summed E-state index contributed by atoms with van der Waals surface area (Å²) in [6.45, 7) is 6.55. The number of hydrogen-bond donors (Lipinski definition) is 8. The molecule has 0 unspecified atom stereocenters. The molecule has 0 aliphatic heterocycles. The predicted octanol–water partition coefficient (Wildman–Crippen LogP) is 16.4. The summed E-state index contributed by atoms with van der Waals surface area (Å²) in [6, 6.07) is 49.6. The summed E-state index contributed by atoms with van der Waals surface area (Å²) in [4.78, 5) is 23.2. The van der Waals surface area contributed by atoms with E-state index in [9.17, 15) is 33.9 Å². The fourth-order valence-electron chi connectivity index (χ4n) is 13.0. The molecule has 2 atom stereocenters. The van der Waals surface area contributed by atoms with E-state index in [-0.39, 0.29) is 30.1 Å². The second-order valence-electron chi connectivity index (χ2n) is 26.9. The Kier molecular flexibility index (Phi) is 26.2. The van der Waals surface area contributed by atoms with E-state index in [1.165, 1.54) is 32.0 Å². The van der Waals surface area contributed by atoms with Gasteiger partial charge in [-0.15, -0.1) is 0 Å². The number of fused-ring (bicyclic) bond motifs is 4. The summed E-state index contributed by atoms with van der Waals surface area (Å²) in [6.07, 6.45) is 14.8. The third-order valence-corrected chi connectivity index (χ3v) is 20.9. The van der Waals surface area contributed by atoms with E-state index < -0.39 is 18.4 Å². The van der Waals surface area contributed by atoms with E-state index in [0.29, 0.717) is 64.5 Å². The minimum atomic E-state index is -4.49. The maximum atomic E-state index is 12.3. The van der Waals surface area contributed by atoms with Gasteiger partial charge in [0.25, 0.3) is 0 Å². The number of aromatic nitrogens is 16. The summed E-state index contributed by atoms with van der Waals surface area (Å²) >= 11 is 20.2. The molecule has 0 spiro atoms. The summed E-state index contributed by atoms with van der Waals surface area (Å²) in [5, 5.41) is 71.9. The monoisotopic (exact) mass is 1840 g/mol. The van der Waals surface area contributed by atoms with Gasteiger partial charge < -0.3 is 40.6 Å². The Morgan fingerprint density at radius 2 is 0.904 bits per heavy atom. The van der Waals surface area contributed by atoms with Crippen LogP contribution in [0.1, 0.15) is 80.3 Å². The van der Waals surface area contributed by atoms with Crippen molar-refractivity contribution in [3.05, 3.63) is 264 Å². The summed E-state index contributed by atoms with van der Waals surface area (Å²) in [5.41, 5.74) is 11.9. The van der Waals surface area contributed by atoms with Crippen LogP contribution in [-0.2, 0) is 26.2 Å². The number of aliphatic hydroxyl groups is 1. The van der Waals surface area contributed by atoms with Gasteiger partial charge in [0.1, 0.15) is 23.3 Å². The molecule has 1 saturated carbocycles. The molecule has 0 saturated heterocycles. The van der Waals surface area contributed by atoms with Gasteiger partial charge in [-0.25, -0.2) is 19.9 Å². The number of alkyl halides is 3. The molecule has 1 aliphatic carbocycles. The van der Waals surface area contributed by atoms with Crippen molar-refractivity contribution in [2.45, 2.75) is 90.3 Å². The van der Waals surface area contributed by atoms with Crippen molar-refractivity contribution >= 4 is 121 Å². The number of pyridine rings is 4. The Hall–Kier alpha value is -11.3. The van der Waals surface area contributed by atoms with Crippen molar-refractivity contribution in [1.82, 2.24) is 63.4 Å². The molecule has 592 valence electrons. The third-order valence-electron chi connectivity index (χ3n) is 18.4. The molecule has 16 rings (SSSR count). The standard InChI is InChI=1S/C21H26BrN5O.C20H16BrF3N5O2.C20H19BrN5O2.C19H16BrClN5O2/c1-21(2,28)16-8-4-3-7-15(16)18-10-19(24-12-14-6-5-9-23-11-14)27-20(26-18)17(22)13-25-27;21-15-10-26-29-17(8-16(27-19(15)29)14-4-2-1-3-5-14)25-9-13-6-7-18(28(30)11-13)31-12-20(22,23)24;1-2-28-19-9-8-14(13-25(19)27)11-22-18-10-17(15-6-4-3-5-7-15)24-20-16(21)12-23-26(18)20;1-28-19-15(21)7-12(11-25(19)27)9-22-17-8-16(13-5-3-2-4-6-13)24-18-14(20)10-23-26(17)18/h5-6,9-11,13,15-16,24,28H,3-4,7-8,12H2,1-2H3;1-8,10-11,25,30H,9,12H2;3-10,12-13,22,27H,2,11H2,1H3;2-8,10-11,22,27H,9H2,1H3/q;3*+1/t15-,16+;;;/m1.../s1. The van der Waals surface area contributed by atoms with Gasteiger partial charge in [0.05, 0.1) is 96.9 Å². The zero-order chi connectivity index (χ0) is 80.9. The lowest BCUT2D eigenvalue weighted by molar-refractivity contribution is -0.906. The van der Waals surface area contributed by atoms with Crippen LogP contribution in [0.4, 0.5) is 36.4 Å². The van der Waals surface area contributed by atoms with Crippen LogP contribution >= 0.6 is 75.3 Å². The van der Waals surface area contributed by atoms with E-state index in [0.717, 1.165) is 132 Å². The molecule has 35 heteroatoms. The van der Waals surface area contributed by atoms with Gasteiger partial charge in [0.2, 0.25) is 18.6 Å². The first-order valence-electron chi connectivity index (χ1n) is 36.1. The van der Waals surface area contributed by atoms with Crippen molar-refractivity contribution < 1.29 is 62.3 Å². The van der Waals surface area contributed by atoms with E-state index in [1.54, 1.807) is 68.9 Å². The number of methoxy groups -OCH3 is 1. The number of benzene rings is 3. The number of nitrogens with one attached hydrogen (secondary N) is 4. The Morgan fingerprint density at radius 3 is 1.30 bits per heavy atom. The minimum absolute atomic E-state index is 0.180. The van der Waals surface area contributed by atoms with Crippen molar-refractivity contribution in [3.8, 4) is 51.4 Å². The average Bonchev–Trinajstić information content (AvgIpc) is 1.77. The van der Waals surface area contributed by atoms with Crippen LogP contribution in [0.3, 0.4) is 0 Å². The van der Waals surface area contributed by atoms with E-state index >= 15 is 0 Å². The number of hydrogen-bond acceptors (Lipinski definition) is 20. The largest absolute Gasteiger partial charge is 0.443 e. The van der Waals surface area contributed by atoms with Crippen molar-refractivity contribution in [2.24, 2.45) is 5.92 Å². The van der Waals surface area contributed by atoms with Crippen LogP contribution < -0.4 is 49.7 Å². The second kappa shape index (κ2) is 36.9. The number of halogens is 8. The van der Waals surface area contributed by atoms with Gasteiger partial charge in [-0.1, -0.05) is 122 Å². The first kappa shape index (κ1) is 81.7. The highest BCUT2D eigenvalue weighted by Crippen LogP contribution is 2.44. The topological polar surface area (TPSA) is 302 Å². The molecule has 3 aromatic carbocycles. The first-order valence-corrected chi connectivity index (χ1v) is 39.7. The first-order chi connectivity index (χ1) is 55.4. The Labute approximate surface area is 695 Å². The second-order valence-corrected chi connectivity index (χ2v) is 30.7. The zero-order valence-corrected chi connectivity index (χ0v) is 69.2. The Morgan fingerprint density at radius 1 is 0.496 bits per heavy atom. The fourth-order valence-corrected chi connectivity index (χ4v) is 14.7. The third kappa shape index (κ3) is 20.3. The van der Waals surface area contributed by atoms with Crippen LogP contribution in [0.15, 0.2) is 231 Å². The number of nitrogens with zero attached hydrogens (tertiary/aromatic N) is 16. The summed E-state index contributed by atoms with van der Waals surface area (Å²) in [7, 11) is 1.44. The molecular formula is C80H77Br4ClF3N20O7+3. The maximum Gasteiger partial charge on any atom is 0.435 e. The summed E-state index contributed by atoms with van der Waals surface area (Å²) < 4.78 is 64.4. The Balaban J connectivity index is 0.000000134. The molecule has 12 aromatic heterocycles. The average molecular weight is 1840 g/mol. The van der Waals surface area contributed by atoms with Crippen molar-refractivity contribution in [2.75, 3.05) is 41.6 Å². The van der Waals surface area contributed by atoms with Crippen LogP contribution in [0, 0.1) is 5.92 Å². The van der Waals surface area contributed by atoms with Crippen molar-refractivity contribution in [1.29, 1.82) is 0 Å². The Bertz CT molecular complexity index is 5830. The lowest BCUT2D eigenvalue weighted by Gasteiger charge is -2.39. The highest BCUT2D eigenvalue weighted by atomic mass is 79.9. The number of anilines is 4. The number of rotatable bonds is 22. The molecule has 8 N–H and O–H groups in total. The van der Waals surface area contributed by atoms with Crippen molar-refractivity contribution in [3.63, 3.8) is 0 Å². The minimum Gasteiger partial charge on any atom is -0.443 e. The fraction of sp³-hybridized carbons (Fsp3) is 0.225. The molecule has 0 radical (unpaired) electrons. The van der Waals surface area contributed by atoms with Gasteiger partial charge in [-0.2, -0.15) is 51.6 Å². The molecule has 1 aliphatic rings. The van der Waals surface area contributed by atoms with Gasteiger partial charge in [0.15, 0.2) is 34.2 Å². The quantitative estimate of drug-likeness (QED) is 0.0231.